The van der Waals surface area contributed by atoms with E-state index in [1.54, 1.807) is 0 Å². The molecule has 4 nitrogen and oxygen atoms in total. The normalized spacial score (nSPS) is 21.6. The van der Waals surface area contributed by atoms with E-state index in [-0.39, 0.29) is 0 Å². The van der Waals surface area contributed by atoms with Crippen molar-refractivity contribution in [3.05, 3.63) is 0 Å². The molecule has 1 rings (SSSR count). The Kier molecular flexibility index (Phi) is 5.89. The molecular weight excluding hydrogens is 236 g/mol. The van der Waals surface area contributed by atoms with E-state index in [1.807, 2.05) is 0 Å². The molecule has 1 atom stereocenters. The maximum absolute atomic E-state index is 11.1. The minimum atomic E-state index is -2.82. The smallest absolute Gasteiger partial charge is 0.148 e. The lowest BCUT2D eigenvalue weighted by Crippen LogP contribution is -2.48. The summed E-state index contributed by atoms with van der Waals surface area (Å²) in [5.41, 5.74) is 0. The van der Waals surface area contributed by atoms with Crippen molar-refractivity contribution >= 4 is 9.84 Å². The molecule has 1 saturated heterocycles. The Morgan fingerprint density at radius 1 is 1.12 bits per heavy atom. The zero-order chi connectivity index (χ0) is 12.9. The molecule has 0 bridgehead atoms. The highest BCUT2D eigenvalue weighted by Crippen LogP contribution is 2.08. The van der Waals surface area contributed by atoms with Crippen LogP contribution in [0.15, 0.2) is 0 Å². The van der Waals surface area contributed by atoms with Crippen molar-refractivity contribution in [2.45, 2.75) is 20.3 Å². The molecule has 0 aromatic carbocycles. The fraction of sp³-hybridized carbons (Fsp3) is 1.00. The SMILES string of the molecule is CC[C@H](C)CN1CCN(CCS(C)(=O)=O)CC1. The Morgan fingerprint density at radius 2 is 1.65 bits per heavy atom. The van der Waals surface area contributed by atoms with Gasteiger partial charge in [-0.25, -0.2) is 8.42 Å². The highest BCUT2D eigenvalue weighted by atomic mass is 32.2. The van der Waals surface area contributed by atoms with E-state index in [9.17, 15) is 8.42 Å². The molecule has 1 aliphatic rings. The second kappa shape index (κ2) is 6.71. The van der Waals surface area contributed by atoms with Gasteiger partial charge in [0.1, 0.15) is 9.84 Å². The molecule has 0 unspecified atom stereocenters. The van der Waals surface area contributed by atoms with Gasteiger partial charge in [-0.2, -0.15) is 0 Å². The van der Waals surface area contributed by atoms with Crippen molar-refractivity contribution in [1.82, 2.24) is 9.80 Å². The number of hydrogen-bond acceptors (Lipinski definition) is 4. The first kappa shape index (κ1) is 14.9. The molecule has 0 amide bonds. The van der Waals surface area contributed by atoms with E-state index in [2.05, 4.69) is 23.6 Å². The van der Waals surface area contributed by atoms with Gasteiger partial charge < -0.3 is 4.90 Å². The molecule has 0 saturated carbocycles. The molecule has 0 aromatic rings. The van der Waals surface area contributed by atoms with E-state index in [1.165, 1.54) is 19.2 Å². The standard InChI is InChI=1S/C12H26N2O2S/c1-4-12(2)11-14-7-5-13(6-8-14)9-10-17(3,15)16/h12H,4-11H2,1-3H3/t12-/m0/s1. The monoisotopic (exact) mass is 262 g/mol. The molecule has 1 aliphatic heterocycles. The molecule has 0 N–H and O–H groups in total. The molecule has 1 heterocycles. The van der Waals surface area contributed by atoms with Gasteiger partial charge in [0.25, 0.3) is 0 Å². The van der Waals surface area contributed by atoms with Gasteiger partial charge in [0.2, 0.25) is 0 Å². The van der Waals surface area contributed by atoms with Crippen LogP contribution >= 0.6 is 0 Å². The molecule has 0 radical (unpaired) electrons. The summed E-state index contributed by atoms with van der Waals surface area (Å²) in [5.74, 6) is 1.05. The lowest BCUT2D eigenvalue weighted by Gasteiger charge is -2.35. The third kappa shape index (κ3) is 6.38. The summed E-state index contributed by atoms with van der Waals surface area (Å²) in [4.78, 5) is 4.75. The van der Waals surface area contributed by atoms with Crippen molar-refractivity contribution in [2.24, 2.45) is 5.92 Å². The van der Waals surface area contributed by atoms with Crippen LogP contribution in [0.3, 0.4) is 0 Å². The molecule has 0 aliphatic carbocycles. The maximum atomic E-state index is 11.1. The summed E-state index contributed by atoms with van der Waals surface area (Å²) in [6.07, 6.45) is 2.54. The lowest BCUT2D eigenvalue weighted by molar-refractivity contribution is 0.124. The van der Waals surface area contributed by atoms with Crippen molar-refractivity contribution < 1.29 is 8.42 Å². The van der Waals surface area contributed by atoms with Gasteiger partial charge >= 0.3 is 0 Å². The molecule has 0 spiro atoms. The zero-order valence-electron chi connectivity index (χ0n) is 11.4. The van der Waals surface area contributed by atoms with Gasteiger partial charge in [0.05, 0.1) is 5.75 Å². The van der Waals surface area contributed by atoms with E-state index in [0.717, 1.165) is 32.1 Å². The van der Waals surface area contributed by atoms with Crippen molar-refractivity contribution in [2.75, 3.05) is 51.3 Å². The van der Waals surface area contributed by atoms with E-state index in [4.69, 9.17) is 0 Å². The Hall–Kier alpha value is -0.130. The van der Waals surface area contributed by atoms with Gasteiger partial charge in [-0.15, -0.1) is 0 Å². The van der Waals surface area contributed by atoms with Gasteiger partial charge in [-0.3, -0.25) is 4.90 Å². The number of rotatable bonds is 6. The summed E-state index contributed by atoms with van der Waals surface area (Å²) in [6, 6.07) is 0. The van der Waals surface area contributed by atoms with Crippen LogP contribution in [0.5, 0.6) is 0 Å². The molecule has 5 heteroatoms. The van der Waals surface area contributed by atoms with Gasteiger partial charge in [-0.1, -0.05) is 20.3 Å². The number of piperazine rings is 1. The predicted octanol–water partition coefficient (Wildman–Crippen LogP) is 0.695. The fourth-order valence-electron chi connectivity index (χ4n) is 2.06. The average molecular weight is 262 g/mol. The van der Waals surface area contributed by atoms with Crippen LogP contribution in [0, 0.1) is 5.92 Å². The molecular formula is C12H26N2O2S. The first-order chi connectivity index (χ1) is 7.90. The summed E-state index contributed by atoms with van der Waals surface area (Å²) < 4.78 is 22.2. The second-order valence-corrected chi connectivity index (χ2v) is 7.55. The molecule has 102 valence electrons. The summed E-state index contributed by atoms with van der Waals surface area (Å²) in [6.45, 7) is 10.6. The Balaban J connectivity index is 2.22. The topological polar surface area (TPSA) is 40.6 Å². The van der Waals surface area contributed by atoms with Crippen LogP contribution in [0.25, 0.3) is 0 Å². The minimum absolute atomic E-state index is 0.290. The Labute approximate surface area is 106 Å². The Bertz CT molecular complexity index is 308. The van der Waals surface area contributed by atoms with Crippen LogP contribution in [-0.4, -0.2) is 69.5 Å². The third-order valence-electron chi connectivity index (χ3n) is 3.51. The number of hydrogen-bond donors (Lipinski definition) is 0. The number of nitrogens with zero attached hydrogens (tertiary/aromatic N) is 2. The van der Waals surface area contributed by atoms with Gasteiger partial charge in [0.15, 0.2) is 0 Å². The zero-order valence-corrected chi connectivity index (χ0v) is 12.2. The summed E-state index contributed by atoms with van der Waals surface area (Å²) in [7, 11) is -2.82. The van der Waals surface area contributed by atoms with Gasteiger partial charge in [0, 0.05) is 45.5 Å². The average Bonchev–Trinajstić information content (AvgIpc) is 2.27. The van der Waals surface area contributed by atoms with Gasteiger partial charge in [-0.05, 0) is 5.92 Å². The highest BCUT2D eigenvalue weighted by Gasteiger charge is 2.18. The maximum Gasteiger partial charge on any atom is 0.148 e. The molecule has 17 heavy (non-hydrogen) atoms. The highest BCUT2D eigenvalue weighted by molar-refractivity contribution is 7.90. The quantitative estimate of drug-likeness (QED) is 0.706. The minimum Gasteiger partial charge on any atom is -0.301 e. The first-order valence-corrected chi connectivity index (χ1v) is 8.59. The van der Waals surface area contributed by atoms with Crippen LogP contribution in [0.4, 0.5) is 0 Å². The van der Waals surface area contributed by atoms with Crippen LogP contribution in [0.2, 0.25) is 0 Å². The van der Waals surface area contributed by atoms with Crippen molar-refractivity contribution in [3.8, 4) is 0 Å². The van der Waals surface area contributed by atoms with Crippen LogP contribution in [0.1, 0.15) is 20.3 Å². The number of sulfone groups is 1. The summed E-state index contributed by atoms with van der Waals surface area (Å²) >= 11 is 0. The van der Waals surface area contributed by atoms with E-state index in [0.29, 0.717) is 12.3 Å². The molecule has 1 fully saturated rings. The van der Waals surface area contributed by atoms with Crippen LogP contribution in [-0.2, 0) is 9.84 Å². The third-order valence-corrected chi connectivity index (χ3v) is 4.43. The van der Waals surface area contributed by atoms with E-state index >= 15 is 0 Å². The van der Waals surface area contributed by atoms with Crippen molar-refractivity contribution in [3.63, 3.8) is 0 Å². The second-order valence-electron chi connectivity index (χ2n) is 5.29. The van der Waals surface area contributed by atoms with Crippen LogP contribution < -0.4 is 0 Å². The van der Waals surface area contributed by atoms with Crippen molar-refractivity contribution in [1.29, 1.82) is 0 Å². The summed E-state index contributed by atoms with van der Waals surface area (Å²) in [5, 5.41) is 0. The van der Waals surface area contributed by atoms with E-state index < -0.39 is 9.84 Å². The molecule has 0 aromatic heterocycles. The first-order valence-electron chi connectivity index (χ1n) is 6.53. The Morgan fingerprint density at radius 3 is 2.12 bits per heavy atom. The predicted molar refractivity (Wildman–Crippen MR) is 72.0 cm³/mol. The lowest BCUT2D eigenvalue weighted by atomic mass is 10.1. The fourth-order valence-corrected chi connectivity index (χ4v) is 2.65. The largest absolute Gasteiger partial charge is 0.301 e.